The van der Waals surface area contributed by atoms with Crippen molar-refractivity contribution >= 4 is 40.2 Å². The molecule has 0 saturated carbocycles. The summed E-state index contributed by atoms with van der Waals surface area (Å²) in [5.41, 5.74) is 3.11. The Morgan fingerprint density at radius 1 is 1.03 bits per heavy atom. The average molecular weight is 405 g/mol. The first-order valence-corrected chi connectivity index (χ1v) is 10.7. The van der Waals surface area contributed by atoms with Crippen LogP contribution in [0.3, 0.4) is 0 Å². The van der Waals surface area contributed by atoms with Crippen LogP contribution in [0.5, 0.6) is 5.75 Å². The Morgan fingerprint density at radius 2 is 1.79 bits per heavy atom. The molecular weight excluding hydrogens is 380 g/mol. The Kier molecular flexibility index (Phi) is 5.76. The van der Waals surface area contributed by atoms with Gasteiger partial charge in [0.2, 0.25) is 0 Å². The highest BCUT2D eigenvalue weighted by Crippen LogP contribution is 2.34. The normalized spacial score (nSPS) is 17.5. The number of anilines is 1. The third-order valence-electron chi connectivity index (χ3n) is 4.89. The van der Waals surface area contributed by atoms with E-state index in [4.69, 9.17) is 4.74 Å². The lowest BCUT2D eigenvalue weighted by Crippen LogP contribution is -2.30. The Balaban J connectivity index is 1.57. The lowest BCUT2D eigenvalue weighted by atomic mass is 10.0. The van der Waals surface area contributed by atoms with E-state index in [1.807, 2.05) is 49.4 Å². The fraction of sp³-hybridized carbons (Fsp3) is 0.208. The number of benzene rings is 3. The lowest BCUT2D eigenvalue weighted by molar-refractivity contribution is -0.116. The Hall–Kier alpha value is -2.92. The third kappa shape index (κ3) is 4.25. The van der Waals surface area contributed by atoms with Crippen LogP contribution in [0.2, 0.25) is 0 Å². The smallest absolute Gasteiger partial charge is 0.260 e. The van der Waals surface area contributed by atoms with Crippen molar-refractivity contribution in [2.75, 3.05) is 11.9 Å². The average Bonchev–Trinajstić information content (AvgIpc) is 3.09. The molecule has 4 rings (SSSR count). The quantitative estimate of drug-likeness (QED) is 0.540. The fourth-order valence-electron chi connectivity index (χ4n) is 3.40. The van der Waals surface area contributed by atoms with Gasteiger partial charge < -0.3 is 15.4 Å². The number of aryl methyl sites for hydroxylation is 1. The number of carbonyl (C=O) groups excluding carboxylic acids is 1. The summed E-state index contributed by atoms with van der Waals surface area (Å²) in [5, 5.41) is 8.50. The van der Waals surface area contributed by atoms with Gasteiger partial charge in [-0.1, -0.05) is 61.2 Å². The molecule has 0 aromatic heterocycles. The molecule has 3 aromatic carbocycles. The van der Waals surface area contributed by atoms with E-state index in [9.17, 15) is 4.79 Å². The van der Waals surface area contributed by atoms with E-state index in [-0.39, 0.29) is 11.4 Å². The van der Waals surface area contributed by atoms with Gasteiger partial charge in [0.05, 0.1) is 11.5 Å². The van der Waals surface area contributed by atoms with Gasteiger partial charge in [0.25, 0.3) is 5.91 Å². The number of fused-ring (bicyclic) bond motifs is 1. The zero-order valence-corrected chi connectivity index (χ0v) is 17.4. The van der Waals surface area contributed by atoms with E-state index in [1.165, 1.54) is 17.3 Å². The predicted molar refractivity (Wildman–Crippen MR) is 122 cm³/mol. The lowest BCUT2D eigenvalue weighted by Gasteiger charge is -2.13. The zero-order chi connectivity index (χ0) is 20.2. The highest BCUT2D eigenvalue weighted by atomic mass is 32.2. The highest BCUT2D eigenvalue weighted by Gasteiger charge is 2.27. The Bertz CT molecular complexity index is 1060. The Morgan fingerprint density at radius 3 is 2.52 bits per heavy atom. The van der Waals surface area contributed by atoms with Gasteiger partial charge >= 0.3 is 0 Å². The van der Waals surface area contributed by atoms with E-state index in [1.54, 1.807) is 0 Å². The van der Waals surface area contributed by atoms with Gasteiger partial charge in [-0.15, -0.1) is 0 Å². The number of ether oxygens (including phenoxy) is 1. The molecule has 1 aliphatic heterocycles. The van der Waals surface area contributed by atoms with Crippen LogP contribution in [0.15, 0.2) is 65.6 Å². The van der Waals surface area contributed by atoms with Crippen LogP contribution in [0.1, 0.15) is 25.0 Å². The van der Waals surface area contributed by atoms with Crippen molar-refractivity contribution in [3.63, 3.8) is 0 Å². The highest BCUT2D eigenvalue weighted by molar-refractivity contribution is 8.05. The molecule has 1 saturated heterocycles. The molecule has 0 radical (unpaired) electrons. The van der Waals surface area contributed by atoms with Crippen LogP contribution < -0.4 is 15.4 Å². The van der Waals surface area contributed by atoms with Gasteiger partial charge in [0.15, 0.2) is 5.50 Å². The third-order valence-corrected chi connectivity index (χ3v) is 5.92. The van der Waals surface area contributed by atoms with Gasteiger partial charge in [-0.25, -0.2) is 0 Å². The number of rotatable bonds is 6. The maximum absolute atomic E-state index is 12.5. The van der Waals surface area contributed by atoms with Crippen LogP contribution in [0.25, 0.3) is 16.8 Å². The van der Waals surface area contributed by atoms with Crippen LogP contribution in [0.4, 0.5) is 5.69 Å². The van der Waals surface area contributed by atoms with Crippen molar-refractivity contribution in [2.24, 2.45) is 0 Å². The van der Waals surface area contributed by atoms with Crippen molar-refractivity contribution in [2.45, 2.75) is 25.8 Å². The molecule has 0 bridgehead atoms. The minimum Gasteiger partial charge on any atom is -0.493 e. The van der Waals surface area contributed by atoms with Crippen molar-refractivity contribution in [1.29, 1.82) is 0 Å². The van der Waals surface area contributed by atoms with E-state index < -0.39 is 0 Å². The minimum absolute atomic E-state index is 0.0596. The van der Waals surface area contributed by atoms with Gasteiger partial charge in [0, 0.05) is 11.1 Å². The number of amides is 1. The molecule has 0 unspecified atom stereocenters. The molecule has 1 amide bonds. The molecule has 0 aliphatic carbocycles. The molecule has 1 heterocycles. The molecular formula is C24H24N2O2S. The van der Waals surface area contributed by atoms with Crippen LogP contribution in [-0.4, -0.2) is 18.0 Å². The number of thioether (sulfide) groups is 1. The molecule has 148 valence electrons. The second-order valence-electron chi connectivity index (χ2n) is 6.81. The van der Waals surface area contributed by atoms with Crippen molar-refractivity contribution < 1.29 is 9.53 Å². The summed E-state index contributed by atoms with van der Waals surface area (Å²) in [5.74, 6) is 0.805. The molecule has 1 fully saturated rings. The number of hydrogen-bond donors (Lipinski definition) is 2. The molecule has 4 nitrogen and oxygen atoms in total. The van der Waals surface area contributed by atoms with Gasteiger partial charge in [0.1, 0.15) is 5.75 Å². The summed E-state index contributed by atoms with van der Waals surface area (Å²) in [6.07, 6.45) is 2.97. The van der Waals surface area contributed by atoms with Crippen LogP contribution in [0, 0.1) is 0 Å². The predicted octanol–water partition coefficient (Wildman–Crippen LogP) is 5.40. The summed E-state index contributed by atoms with van der Waals surface area (Å²) in [7, 11) is 0. The second-order valence-corrected chi connectivity index (χ2v) is 7.95. The minimum atomic E-state index is -0.185. The van der Waals surface area contributed by atoms with Crippen molar-refractivity contribution in [1.82, 2.24) is 5.32 Å². The molecule has 5 heteroatoms. The molecule has 1 atom stereocenters. The number of hydrogen-bond acceptors (Lipinski definition) is 4. The topological polar surface area (TPSA) is 50.4 Å². The summed E-state index contributed by atoms with van der Waals surface area (Å²) < 4.78 is 5.75. The largest absolute Gasteiger partial charge is 0.493 e. The summed E-state index contributed by atoms with van der Waals surface area (Å²) in [6, 6.07) is 20.4. The van der Waals surface area contributed by atoms with Crippen LogP contribution in [-0.2, 0) is 11.2 Å². The number of carbonyl (C=O) groups is 1. The first-order chi connectivity index (χ1) is 14.2. The van der Waals surface area contributed by atoms with Crippen molar-refractivity contribution in [3.05, 3.63) is 76.7 Å². The van der Waals surface area contributed by atoms with E-state index in [0.717, 1.165) is 34.2 Å². The summed E-state index contributed by atoms with van der Waals surface area (Å²) in [4.78, 5) is 13.2. The fourth-order valence-corrected chi connectivity index (χ4v) is 4.37. The first kappa shape index (κ1) is 19.4. The summed E-state index contributed by atoms with van der Waals surface area (Å²) >= 11 is 1.50. The number of nitrogens with one attached hydrogen (secondary N) is 2. The zero-order valence-electron chi connectivity index (χ0n) is 16.6. The monoisotopic (exact) mass is 404 g/mol. The molecule has 29 heavy (non-hydrogen) atoms. The van der Waals surface area contributed by atoms with E-state index in [2.05, 4.69) is 41.8 Å². The second kappa shape index (κ2) is 8.62. The molecule has 0 spiro atoms. The van der Waals surface area contributed by atoms with E-state index in [0.29, 0.717) is 11.5 Å². The molecule has 2 N–H and O–H groups in total. The van der Waals surface area contributed by atoms with Gasteiger partial charge in [-0.3, -0.25) is 4.79 Å². The summed E-state index contributed by atoms with van der Waals surface area (Å²) in [6.45, 7) is 4.74. The van der Waals surface area contributed by atoms with Gasteiger partial charge in [-0.2, -0.15) is 0 Å². The maximum Gasteiger partial charge on any atom is 0.260 e. The molecule has 3 aromatic rings. The van der Waals surface area contributed by atoms with Crippen molar-refractivity contribution in [3.8, 4) is 5.75 Å². The van der Waals surface area contributed by atoms with E-state index >= 15 is 0 Å². The van der Waals surface area contributed by atoms with Gasteiger partial charge in [-0.05, 0) is 54.1 Å². The Labute approximate surface area is 175 Å². The SMILES string of the molecule is CCOc1ccc(/C=C2\S[C@@H](Nc3ccc(CC)cc3)NC2=O)c2ccccc12. The maximum atomic E-state index is 12.5. The van der Waals surface area contributed by atoms with Crippen LogP contribution >= 0.6 is 11.8 Å². The molecule has 1 aliphatic rings. The standard InChI is InChI=1S/C24H24N2O2S/c1-3-16-9-12-18(13-10-16)25-24-26-23(27)22(29-24)15-17-11-14-21(28-4-2)20-8-6-5-7-19(17)20/h5-15,24-25H,3-4H2,1-2H3,(H,26,27)/b22-15-/t24-/m0/s1. The first-order valence-electron chi connectivity index (χ1n) is 9.87.